The summed E-state index contributed by atoms with van der Waals surface area (Å²) in [4.78, 5) is 25.2. The Morgan fingerprint density at radius 1 is 1.17 bits per heavy atom. The molecular weight excluding hydrogens is 358 g/mol. The molecule has 23 heavy (non-hydrogen) atoms. The molecule has 0 bridgehead atoms. The number of hydrogen-bond acceptors (Lipinski definition) is 2. The smallest absolute Gasteiger partial charge is 0.275 e. The van der Waals surface area contributed by atoms with Crippen LogP contribution in [0.2, 0.25) is 0 Å². The number of hydrogen-bond donors (Lipinski definition) is 3. The Morgan fingerprint density at radius 2 is 1.83 bits per heavy atom. The second kappa shape index (κ2) is 8.45. The third kappa shape index (κ3) is 5.95. The van der Waals surface area contributed by atoms with Gasteiger partial charge < -0.3 is 15.5 Å². The predicted molar refractivity (Wildman–Crippen MR) is 94.3 cm³/mol. The number of benzene rings is 1. The van der Waals surface area contributed by atoms with Crippen molar-refractivity contribution >= 4 is 33.4 Å². The molecule has 2 rings (SSSR count). The molecule has 1 fully saturated rings. The van der Waals surface area contributed by atoms with Gasteiger partial charge in [0.15, 0.2) is 6.54 Å². The Labute approximate surface area is 145 Å². The number of para-hydroxylation sites is 1. The van der Waals surface area contributed by atoms with Gasteiger partial charge in [-0.1, -0.05) is 26.0 Å². The van der Waals surface area contributed by atoms with E-state index >= 15 is 0 Å². The van der Waals surface area contributed by atoms with Gasteiger partial charge in [0.1, 0.15) is 0 Å². The molecular formula is C17H25BrN3O2+. The van der Waals surface area contributed by atoms with Crippen molar-refractivity contribution in [2.75, 3.05) is 31.5 Å². The summed E-state index contributed by atoms with van der Waals surface area (Å²) < 4.78 is 0.820. The molecule has 0 aliphatic carbocycles. The van der Waals surface area contributed by atoms with Gasteiger partial charge in [0.25, 0.3) is 5.91 Å². The lowest BCUT2D eigenvalue weighted by atomic mass is 9.92. The molecule has 1 unspecified atom stereocenters. The summed E-state index contributed by atoms with van der Waals surface area (Å²) in [5, 5.41) is 5.49. The molecule has 1 aromatic carbocycles. The Morgan fingerprint density at radius 3 is 2.48 bits per heavy atom. The largest absolute Gasteiger partial charge is 0.342 e. The zero-order valence-electron chi connectivity index (χ0n) is 13.7. The summed E-state index contributed by atoms with van der Waals surface area (Å²) in [5.74, 6) is 1.02. The number of carbonyl (C=O) groups is 2. The van der Waals surface area contributed by atoms with Crippen molar-refractivity contribution in [1.82, 2.24) is 5.32 Å². The van der Waals surface area contributed by atoms with Crippen LogP contribution in [0.5, 0.6) is 0 Å². The normalized spacial score (nSPS) is 24.0. The van der Waals surface area contributed by atoms with Crippen LogP contribution in [0.1, 0.15) is 20.3 Å². The topological polar surface area (TPSA) is 62.6 Å². The molecule has 3 atom stereocenters. The molecule has 0 aromatic heterocycles. The summed E-state index contributed by atoms with van der Waals surface area (Å²) in [7, 11) is 0. The molecule has 1 aliphatic heterocycles. The summed E-state index contributed by atoms with van der Waals surface area (Å²) >= 11 is 3.38. The number of nitrogens with one attached hydrogen (secondary N) is 3. The van der Waals surface area contributed by atoms with E-state index in [2.05, 4.69) is 40.4 Å². The lowest BCUT2D eigenvalue weighted by Gasteiger charge is -2.31. The van der Waals surface area contributed by atoms with Crippen LogP contribution in [-0.2, 0) is 9.59 Å². The third-order valence-corrected chi connectivity index (χ3v) is 4.78. The maximum Gasteiger partial charge on any atom is 0.275 e. The minimum Gasteiger partial charge on any atom is -0.342 e. The first kappa shape index (κ1) is 17.9. The van der Waals surface area contributed by atoms with E-state index in [0.717, 1.165) is 17.6 Å². The first-order valence-electron chi connectivity index (χ1n) is 8.08. The van der Waals surface area contributed by atoms with E-state index in [0.29, 0.717) is 24.1 Å². The summed E-state index contributed by atoms with van der Waals surface area (Å²) in [6.07, 6.45) is 1.24. The molecule has 0 radical (unpaired) electrons. The van der Waals surface area contributed by atoms with Crippen LogP contribution in [0.3, 0.4) is 0 Å². The molecule has 5 nitrogen and oxygen atoms in total. The highest BCUT2D eigenvalue weighted by molar-refractivity contribution is 9.10. The fourth-order valence-electron chi connectivity index (χ4n) is 3.29. The van der Waals surface area contributed by atoms with Crippen molar-refractivity contribution in [2.24, 2.45) is 11.8 Å². The Balaban J connectivity index is 1.73. The van der Waals surface area contributed by atoms with Crippen LogP contribution >= 0.6 is 15.9 Å². The molecule has 1 aliphatic rings. The average molecular weight is 383 g/mol. The van der Waals surface area contributed by atoms with Crippen LogP contribution in [0.15, 0.2) is 28.7 Å². The lowest BCUT2D eigenvalue weighted by molar-refractivity contribution is -0.904. The van der Waals surface area contributed by atoms with E-state index < -0.39 is 0 Å². The molecule has 126 valence electrons. The van der Waals surface area contributed by atoms with Gasteiger partial charge in [-0.15, -0.1) is 0 Å². The van der Waals surface area contributed by atoms with E-state index in [1.165, 1.54) is 11.3 Å². The lowest BCUT2D eigenvalue weighted by Crippen LogP contribution is -3.15. The van der Waals surface area contributed by atoms with E-state index in [-0.39, 0.29) is 18.4 Å². The SMILES string of the molecule is C[C@@H]1C[C@H](C)C[NH+](CC(=O)NCC(=O)Nc2ccccc2Br)C1. The zero-order valence-corrected chi connectivity index (χ0v) is 15.3. The number of quaternary nitrogens is 1. The summed E-state index contributed by atoms with van der Waals surface area (Å²) in [5.41, 5.74) is 0.705. The number of rotatable bonds is 5. The third-order valence-electron chi connectivity index (χ3n) is 4.08. The van der Waals surface area contributed by atoms with E-state index in [1.54, 1.807) is 0 Å². The van der Waals surface area contributed by atoms with Crippen molar-refractivity contribution in [3.8, 4) is 0 Å². The average Bonchev–Trinajstić information content (AvgIpc) is 2.46. The van der Waals surface area contributed by atoms with Gasteiger partial charge in [0, 0.05) is 16.3 Å². The Bertz CT molecular complexity index is 555. The summed E-state index contributed by atoms with van der Waals surface area (Å²) in [6, 6.07) is 7.40. The molecule has 6 heteroatoms. The Kier molecular flexibility index (Phi) is 6.59. The highest BCUT2D eigenvalue weighted by Crippen LogP contribution is 2.20. The number of anilines is 1. The monoisotopic (exact) mass is 382 g/mol. The van der Waals surface area contributed by atoms with Crippen LogP contribution < -0.4 is 15.5 Å². The molecule has 1 heterocycles. The minimum absolute atomic E-state index is 0.00143. The molecule has 1 aromatic rings. The van der Waals surface area contributed by atoms with Crippen LogP contribution in [0.25, 0.3) is 0 Å². The maximum absolute atomic E-state index is 12.0. The molecule has 1 saturated heterocycles. The van der Waals surface area contributed by atoms with Gasteiger partial charge in [0.2, 0.25) is 5.91 Å². The van der Waals surface area contributed by atoms with E-state index in [9.17, 15) is 9.59 Å². The van der Waals surface area contributed by atoms with Gasteiger partial charge in [-0.2, -0.15) is 0 Å². The summed E-state index contributed by atoms with van der Waals surface area (Å²) in [6.45, 7) is 6.97. The van der Waals surface area contributed by atoms with Crippen molar-refractivity contribution in [2.45, 2.75) is 20.3 Å². The second-order valence-electron chi connectivity index (χ2n) is 6.59. The fourth-order valence-corrected chi connectivity index (χ4v) is 3.68. The quantitative estimate of drug-likeness (QED) is 0.712. The number of carbonyl (C=O) groups excluding carboxylic acids is 2. The number of halogens is 1. The van der Waals surface area contributed by atoms with Crippen molar-refractivity contribution < 1.29 is 14.5 Å². The Hall–Kier alpha value is -1.40. The van der Waals surface area contributed by atoms with E-state index in [4.69, 9.17) is 0 Å². The van der Waals surface area contributed by atoms with Crippen molar-refractivity contribution in [3.05, 3.63) is 28.7 Å². The highest BCUT2D eigenvalue weighted by atomic mass is 79.9. The number of likely N-dealkylation sites (tertiary alicyclic amines) is 1. The minimum atomic E-state index is -0.222. The number of piperidine rings is 1. The molecule has 0 saturated carbocycles. The fraction of sp³-hybridized carbons (Fsp3) is 0.529. The van der Waals surface area contributed by atoms with Gasteiger partial charge in [-0.25, -0.2) is 0 Å². The molecule has 3 N–H and O–H groups in total. The molecule has 2 amide bonds. The van der Waals surface area contributed by atoms with Gasteiger partial charge in [0.05, 0.1) is 25.3 Å². The van der Waals surface area contributed by atoms with Crippen LogP contribution in [-0.4, -0.2) is 38.0 Å². The first-order chi connectivity index (χ1) is 10.9. The van der Waals surface area contributed by atoms with Crippen LogP contribution in [0, 0.1) is 11.8 Å². The standard InChI is InChI=1S/C17H24BrN3O2/c1-12-7-13(2)10-21(9-12)11-17(23)19-8-16(22)20-15-6-4-3-5-14(15)18/h3-6,12-13H,7-11H2,1-2H3,(H,19,23)(H,20,22)/p+1/t12-,13+. The van der Waals surface area contributed by atoms with Crippen molar-refractivity contribution in [3.63, 3.8) is 0 Å². The zero-order chi connectivity index (χ0) is 16.8. The van der Waals surface area contributed by atoms with Crippen LogP contribution in [0.4, 0.5) is 5.69 Å². The predicted octanol–water partition coefficient (Wildman–Crippen LogP) is 1.06. The number of amides is 2. The second-order valence-corrected chi connectivity index (χ2v) is 7.44. The maximum atomic E-state index is 12.0. The molecule has 0 spiro atoms. The van der Waals surface area contributed by atoms with E-state index in [1.807, 2.05) is 24.3 Å². The van der Waals surface area contributed by atoms with Crippen molar-refractivity contribution in [1.29, 1.82) is 0 Å². The van der Waals surface area contributed by atoms with Gasteiger partial charge >= 0.3 is 0 Å². The van der Waals surface area contributed by atoms with Gasteiger partial charge in [-0.3, -0.25) is 9.59 Å². The highest BCUT2D eigenvalue weighted by Gasteiger charge is 2.26. The first-order valence-corrected chi connectivity index (χ1v) is 8.88. The van der Waals surface area contributed by atoms with Gasteiger partial charge in [-0.05, 0) is 34.5 Å².